The van der Waals surface area contributed by atoms with Gasteiger partial charge in [0.2, 0.25) is 0 Å². The molecule has 114 valence electrons. The summed E-state index contributed by atoms with van der Waals surface area (Å²) in [4.78, 5) is 2.33. The number of nitrogens with zero attached hydrogens (tertiary/aromatic N) is 1. The average Bonchev–Trinajstić information content (AvgIpc) is 2.40. The lowest BCUT2D eigenvalue weighted by atomic mass is 9.97. The van der Waals surface area contributed by atoms with Gasteiger partial charge in [-0.1, -0.05) is 6.07 Å². The van der Waals surface area contributed by atoms with Crippen molar-refractivity contribution in [2.75, 3.05) is 33.8 Å². The zero-order valence-electron chi connectivity index (χ0n) is 12.3. The number of hydrogen-bond acceptors (Lipinski definition) is 4. The molecule has 1 aliphatic rings. The highest BCUT2D eigenvalue weighted by Crippen LogP contribution is 2.26. The first-order chi connectivity index (χ1) is 9.19. The molecule has 1 fully saturated rings. The van der Waals surface area contributed by atoms with Crippen LogP contribution < -0.4 is 10.1 Å². The van der Waals surface area contributed by atoms with Crippen molar-refractivity contribution in [3.05, 3.63) is 23.8 Å². The van der Waals surface area contributed by atoms with E-state index in [9.17, 15) is 5.11 Å². The Morgan fingerprint density at radius 3 is 2.65 bits per heavy atom. The van der Waals surface area contributed by atoms with Gasteiger partial charge in [-0.05, 0) is 56.6 Å². The number of nitrogens with one attached hydrogen (secondary N) is 1. The van der Waals surface area contributed by atoms with E-state index in [1.807, 2.05) is 12.1 Å². The minimum atomic E-state index is 0. The van der Waals surface area contributed by atoms with E-state index < -0.39 is 0 Å². The van der Waals surface area contributed by atoms with Crippen LogP contribution in [0.15, 0.2) is 18.2 Å². The van der Waals surface area contributed by atoms with Crippen molar-refractivity contribution in [3.8, 4) is 11.5 Å². The van der Waals surface area contributed by atoms with E-state index in [0.29, 0.717) is 5.75 Å². The van der Waals surface area contributed by atoms with Crippen LogP contribution in [0, 0.1) is 5.92 Å². The summed E-state index contributed by atoms with van der Waals surface area (Å²) >= 11 is 0. The third kappa shape index (κ3) is 4.85. The molecule has 0 radical (unpaired) electrons. The van der Waals surface area contributed by atoms with E-state index in [-0.39, 0.29) is 18.2 Å². The van der Waals surface area contributed by atoms with Gasteiger partial charge in [0, 0.05) is 13.1 Å². The number of phenolic OH excluding ortho intramolecular Hbond substituents is 1. The first kappa shape index (κ1) is 17.1. The van der Waals surface area contributed by atoms with Crippen LogP contribution >= 0.6 is 12.4 Å². The molecule has 4 nitrogen and oxygen atoms in total. The Morgan fingerprint density at radius 2 is 2.05 bits per heavy atom. The van der Waals surface area contributed by atoms with Crippen molar-refractivity contribution in [2.24, 2.45) is 5.92 Å². The predicted molar refractivity (Wildman–Crippen MR) is 83.8 cm³/mol. The maximum atomic E-state index is 9.77. The lowest BCUT2D eigenvalue weighted by Gasteiger charge is -2.27. The topological polar surface area (TPSA) is 44.7 Å². The number of aromatic hydroxyl groups is 1. The Kier molecular flexibility index (Phi) is 7.13. The maximum Gasteiger partial charge on any atom is 0.160 e. The number of halogens is 1. The van der Waals surface area contributed by atoms with Gasteiger partial charge < -0.3 is 20.1 Å². The summed E-state index contributed by atoms with van der Waals surface area (Å²) in [6.45, 7) is 4.26. The van der Waals surface area contributed by atoms with Gasteiger partial charge >= 0.3 is 0 Å². The predicted octanol–water partition coefficient (Wildman–Crippen LogP) is 2.25. The molecule has 1 heterocycles. The van der Waals surface area contributed by atoms with Crippen molar-refractivity contribution in [2.45, 2.75) is 19.4 Å². The van der Waals surface area contributed by atoms with Crippen molar-refractivity contribution in [3.63, 3.8) is 0 Å². The molecule has 1 aromatic rings. The molecule has 20 heavy (non-hydrogen) atoms. The monoisotopic (exact) mass is 300 g/mol. The molecule has 1 aliphatic heterocycles. The fourth-order valence-electron chi connectivity index (χ4n) is 2.72. The van der Waals surface area contributed by atoms with Crippen LogP contribution in [-0.2, 0) is 6.54 Å². The molecule has 0 amide bonds. The summed E-state index contributed by atoms with van der Waals surface area (Å²) in [5.41, 5.74) is 1.12. The average molecular weight is 301 g/mol. The maximum absolute atomic E-state index is 9.77. The van der Waals surface area contributed by atoms with Crippen LogP contribution in [0.25, 0.3) is 0 Å². The summed E-state index contributed by atoms with van der Waals surface area (Å²) in [6, 6.07) is 5.62. The van der Waals surface area contributed by atoms with Crippen LogP contribution in [0.3, 0.4) is 0 Å². The van der Waals surface area contributed by atoms with Crippen molar-refractivity contribution >= 4 is 12.4 Å². The van der Waals surface area contributed by atoms with E-state index in [1.165, 1.54) is 12.8 Å². The zero-order chi connectivity index (χ0) is 13.7. The highest BCUT2D eigenvalue weighted by molar-refractivity contribution is 5.85. The van der Waals surface area contributed by atoms with Crippen molar-refractivity contribution < 1.29 is 9.84 Å². The van der Waals surface area contributed by atoms with E-state index >= 15 is 0 Å². The quantitative estimate of drug-likeness (QED) is 0.875. The van der Waals surface area contributed by atoms with Gasteiger partial charge in [-0.25, -0.2) is 0 Å². The zero-order valence-corrected chi connectivity index (χ0v) is 13.1. The molecule has 1 saturated heterocycles. The minimum Gasteiger partial charge on any atom is -0.504 e. The summed E-state index contributed by atoms with van der Waals surface area (Å²) in [5, 5.41) is 13.2. The molecular weight excluding hydrogens is 276 g/mol. The van der Waals surface area contributed by atoms with Gasteiger partial charge in [-0.3, -0.25) is 0 Å². The normalized spacial score (nSPS) is 15.9. The highest BCUT2D eigenvalue weighted by atomic mass is 35.5. The first-order valence-electron chi connectivity index (χ1n) is 6.94. The summed E-state index contributed by atoms with van der Waals surface area (Å²) in [7, 11) is 3.71. The number of methoxy groups -OCH3 is 1. The Balaban J connectivity index is 0.00000200. The molecule has 0 aromatic heterocycles. The van der Waals surface area contributed by atoms with Crippen LogP contribution in [0.1, 0.15) is 18.4 Å². The van der Waals surface area contributed by atoms with Crippen LogP contribution in [0.4, 0.5) is 0 Å². The van der Waals surface area contributed by atoms with E-state index in [0.717, 1.165) is 37.7 Å². The largest absolute Gasteiger partial charge is 0.504 e. The van der Waals surface area contributed by atoms with Gasteiger partial charge in [-0.2, -0.15) is 0 Å². The second kappa shape index (κ2) is 8.35. The van der Waals surface area contributed by atoms with Gasteiger partial charge in [0.15, 0.2) is 11.5 Å². The molecule has 5 heteroatoms. The Labute approximate surface area is 127 Å². The molecule has 1 aromatic carbocycles. The van der Waals surface area contributed by atoms with Crippen LogP contribution in [-0.4, -0.2) is 43.8 Å². The van der Waals surface area contributed by atoms with Crippen LogP contribution in [0.2, 0.25) is 0 Å². The number of hydrogen-bond donors (Lipinski definition) is 2. The summed E-state index contributed by atoms with van der Waals surface area (Å²) in [5.74, 6) is 1.54. The van der Waals surface area contributed by atoms with Gasteiger partial charge in [0.05, 0.1) is 7.11 Å². The summed E-state index contributed by atoms with van der Waals surface area (Å²) < 4.78 is 5.06. The number of phenols is 1. The van der Waals surface area contributed by atoms with Crippen molar-refractivity contribution in [1.29, 1.82) is 0 Å². The number of ether oxygens (including phenoxy) is 1. The number of piperidine rings is 1. The number of rotatable bonds is 5. The Morgan fingerprint density at radius 1 is 1.35 bits per heavy atom. The Bertz CT molecular complexity index is 409. The molecule has 0 bridgehead atoms. The SMILES string of the molecule is COc1ccc(CN(C)CC2CCNCC2)cc1O.Cl. The first-order valence-corrected chi connectivity index (χ1v) is 6.94. The second-order valence-electron chi connectivity index (χ2n) is 5.40. The Hall–Kier alpha value is -0.970. The molecule has 0 saturated carbocycles. The fourth-order valence-corrected chi connectivity index (χ4v) is 2.72. The van der Waals surface area contributed by atoms with Gasteiger partial charge in [0.25, 0.3) is 0 Å². The second-order valence-corrected chi connectivity index (χ2v) is 5.40. The molecular formula is C15H25ClN2O2. The van der Waals surface area contributed by atoms with E-state index in [2.05, 4.69) is 17.3 Å². The fraction of sp³-hybridized carbons (Fsp3) is 0.600. The smallest absolute Gasteiger partial charge is 0.160 e. The minimum absolute atomic E-state index is 0. The number of benzene rings is 1. The van der Waals surface area contributed by atoms with E-state index in [4.69, 9.17) is 4.74 Å². The third-order valence-corrected chi connectivity index (χ3v) is 3.72. The third-order valence-electron chi connectivity index (χ3n) is 3.72. The standard InChI is InChI=1S/C15H24N2O2.ClH/c1-17(10-12-5-7-16-8-6-12)11-13-3-4-15(19-2)14(18)9-13;/h3-4,9,12,16,18H,5-8,10-11H2,1-2H3;1H. The molecule has 0 aliphatic carbocycles. The highest BCUT2D eigenvalue weighted by Gasteiger charge is 2.15. The molecule has 2 N–H and O–H groups in total. The lowest BCUT2D eigenvalue weighted by Crippen LogP contribution is -2.34. The van der Waals surface area contributed by atoms with Crippen LogP contribution in [0.5, 0.6) is 11.5 Å². The molecule has 2 rings (SSSR count). The van der Waals surface area contributed by atoms with Gasteiger partial charge in [0.1, 0.15) is 0 Å². The molecule has 0 spiro atoms. The van der Waals surface area contributed by atoms with E-state index in [1.54, 1.807) is 13.2 Å². The van der Waals surface area contributed by atoms with Crippen molar-refractivity contribution in [1.82, 2.24) is 10.2 Å². The summed E-state index contributed by atoms with van der Waals surface area (Å²) in [6.07, 6.45) is 2.52. The van der Waals surface area contributed by atoms with Gasteiger partial charge in [-0.15, -0.1) is 12.4 Å². The lowest BCUT2D eigenvalue weighted by molar-refractivity contribution is 0.234. The molecule has 0 unspecified atom stereocenters. The molecule has 0 atom stereocenters.